The first-order valence-electron chi connectivity index (χ1n) is 7.10. The van der Waals surface area contributed by atoms with Crippen molar-refractivity contribution in [2.45, 2.75) is 64.8 Å². The molecule has 1 aliphatic rings. The topological polar surface area (TPSA) is 93.9 Å². The van der Waals surface area contributed by atoms with E-state index in [1.807, 2.05) is 0 Å². The lowest BCUT2D eigenvalue weighted by molar-refractivity contribution is 0.0281. The molecule has 1 heterocycles. The zero-order valence-corrected chi connectivity index (χ0v) is 13.7. The molecule has 122 valence electrons. The summed E-state index contributed by atoms with van der Waals surface area (Å²) in [7, 11) is 0. The molecule has 7 heteroatoms. The monoisotopic (exact) mass is 301 g/mol. The molecule has 3 N–H and O–H groups in total. The summed E-state index contributed by atoms with van der Waals surface area (Å²) in [5, 5.41) is 2.70. The molecule has 21 heavy (non-hydrogen) atoms. The first kappa shape index (κ1) is 17.6. The van der Waals surface area contributed by atoms with E-state index in [-0.39, 0.29) is 12.1 Å². The standard InChI is InChI=1S/C14H27N3O4/c1-13(2,3)20-11(18)16-10-8-17(7-9(10)15)12(19)21-14(4,5)6/h9-10H,7-8,15H2,1-6H3,(H,16,18)/t9-,10+/m0/s1. The van der Waals surface area contributed by atoms with Crippen LogP contribution in [0.1, 0.15) is 41.5 Å². The van der Waals surface area contributed by atoms with Gasteiger partial charge in [0, 0.05) is 19.1 Å². The normalized spacial score (nSPS) is 22.9. The van der Waals surface area contributed by atoms with Crippen molar-refractivity contribution in [3.05, 3.63) is 0 Å². The summed E-state index contributed by atoms with van der Waals surface area (Å²) in [5.41, 5.74) is 4.83. The molecule has 0 saturated carbocycles. The van der Waals surface area contributed by atoms with E-state index in [9.17, 15) is 9.59 Å². The molecule has 1 fully saturated rings. The number of ether oxygens (including phenoxy) is 2. The zero-order chi connectivity index (χ0) is 16.4. The summed E-state index contributed by atoms with van der Waals surface area (Å²) in [4.78, 5) is 25.2. The van der Waals surface area contributed by atoms with E-state index in [2.05, 4.69) is 5.32 Å². The van der Waals surface area contributed by atoms with Gasteiger partial charge in [-0.2, -0.15) is 0 Å². The Kier molecular flexibility index (Phi) is 5.09. The van der Waals surface area contributed by atoms with Gasteiger partial charge in [-0.25, -0.2) is 9.59 Å². The van der Waals surface area contributed by atoms with E-state index < -0.39 is 23.4 Å². The van der Waals surface area contributed by atoms with E-state index in [1.165, 1.54) is 4.90 Å². The number of nitrogens with two attached hydrogens (primary N) is 1. The van der Waals surface area contributed by atoms with Gasteiger partial charge in [-0.15, -0.1) is 0 Å². The lowest BCUT2D eigenvalue weighted by atomic mass is 10.2. The molecule has 0 spiro atoms. The quantitative estimate of drug-likeness (QED) is 0.764. The minimum atomic E-state index is -0.572. The van der Waals surface area contributed by atoms with E-state index in [4.69, 9.17) is 15.2 Å². The van der Waals surface area contributed by atoms with Crippen LogP contribution in [0.25, 0.3) is 0 Å². The number of likely N-dealkylation sites (tertiary alicyclic amines) is 1. The molecule has 7 nitrogen and oxygen atoms in total. The van der Waals surface area contributed by atoms with Crippen molar-refractivity contribution in [2.75, 3.05) is 13.1 Å². The lowest BCUT2D eigenvalue weighted by Gasteiger charge is -2.24. The second kappa shape index (κ2) is 6.09. The van der Waals surface area contributed by atoms with Crippen molar-refractivity contribution in [3.63, 3.8) is 0 Å². The third kappa shape index (κ3) is 6.20. The number of carbonyl (C=O) groups is 2. The fourth-order valence-corrected chi connectivity index (χ4v) is 1.92. The highest BCUT2D eigenvalue weighted by Crippen LogP contribution is 2.15. The maximum atomic E-state index is 12.0. The van der Waals surface area contributed by atoms with Crippen LogP contribution in [0.2, 0.25) is 0 Å². The fourth-order valence-electron chi connectivity index (χ4n) is 1.92. The summed E-state index contributed by atoms with van der Waals surface area (Å²) in [6, 6.07) is -0.683. The van der Waals surface area contributed by atoms with Crippen molar-refractivity contribution in [1.29, 1.82) is 0 Å². The Balaban J connectivity index is 2.53. The van der Waals surface area contributed by atoms with Crippen LogP contribution >= 0.6 is 0 Å². The predicted octanol–water partition coefficient (Wildman–Crippen LogP) is 1.46. The van der Waals surface area contributed by atoms with Crippen molar-refractivity contribution in [2.24, 2.45) is 5.73 Å². The first-order chi connectivity index (χ1) is 9.37. The Bertz CT molecular complexity index is 398. The molecule has 0 aromatic heterocycles. The van der Waals surface area contributed by atoms with E-state index >= 15 is 0 Å². The molecule has 0 aliphatic carbocycles. The largest absolute Gasteiger partial charge is 0.444 e. The number of rotatable bonds is 1. The summed E-state index contributed by atoms with van der Waals surface area (Å²) < 4.78 is 10.5. The molecule has 2 amide bonds. The average Bonchev–Trinajstić information content (AvgIpc) is 2.54. The van der Waals surface area contributed by atoms with Gasteiger partial charge in [0.05, 0.1) is 6.04 Å². The molecule has 0 aromatic rings. The van der Waals surface area contributed by atoms with Gasteiger partial charge in [-0.3, -0.25) is 0 Å². The highest BCUT2D eigenvalue weighted by Gasteiger charge is 2.36. The Labute approximate surface area is 126 Å². The number of amides is 2. The van der Waals surface area contributed by atoms with Crippen molar-refractivity contribution in [1.82, 2.24) is 10.2 Å². The minimum Gasteiger partial charge on any atom is -0.444 e. The van der Waals surface area contributed by atoms with Crippen molar-refractivity contribution < 1.29 is 19.1 Å². The van der Waals surface area contributed by atoms with Gasteiger partial charge in [0.2, 0.25) is 0 Å². The summed E-state index contributed by atoms with van der Waals surface area (Å²) >= 11 is 0. The SMILES string of the molecule is CC(C)(C)OC(=O)N[C@@H]1CN(C(=O)OC(C)(C)C)C[C@@H]1N. The van der Waals surface area contributed by atoms with Gasteiger partial charge in [-0.05, 0) is 41.5 Å². The molecule has 1 saturated heterocycles. The van der Waals surface area contributed by atoms with Crippen LogP contribution in [0.3, 0.4) is 0 Å². The number of hydrogen-bond donors (Lipinski definition) is 2. The van der Waals surface area contributed by atoms with E-state index in [0.717, 1.165) is 0 Å². The molecular formula is C14H27N3O4. The van der Waals surface area contributed by atoms with Crippen LogP contribution in [0.5, 0.6) is 0 Å². The number of alkyl carbamates (subject to hydrolysis) is 1. The third-order valence-corrected chi connectivity index (χ3v) is 2.72. The van der Waals surface area contributed by atoms with Crippen LogP contribution in [0.4, 0.5) is 9.59 Å². The highest BCUT2D eigenvalue weighted by atomic mass is 16.6. The van der Waals surface area contributed by atoms with Crippen LogP contribution in [-0.4, -0.2) is 53.5 Å². The third-order valence-electron chi connectivity index (χ3n) is 2.72. The molecule has 0 unspecified atom stereocenters. The lowest BCUT2D eigenvalue weighted by Crippen LogP contribution is -2.48. The van der Waals surface area contributed by atoms with Gasteiger partial charge in [0.15, 0.2) is 0 Å². The molecule has 0 bridgehead atoms. The first-order valence-corrected chi connectivity index (χ1v) is 7.10. The summed E-state index contributed by atoms with van der Waals surface area (Å²) in [6.07, 6.45) is -0.958. The van der Waals surface area contributed by atoms with Crippen LogP contribution in [0, 0.1) is 0 Å². The predicted molar refractivity (Wildman–Crippen MR) is 78.9 cm³/mol. The van der Waals surface area contributed by atoms with Crippen molar-refractivity contribution >= 4 is 12.2 Å². The molecule has 0 aromatic carbocycles. The van der Waals surface area contributed by atoms with E-state index in [1.54, 1.807) is 41.5 Å². The van der Waals surface area contributed by atoms with Crippen LogP contribution in [-0.2, 0) is 9.47 Å². The number of nitrogens with one attached hydrogen (secondary N) is 1. The molecule has 2 atom stereocenters. The van der Waals surface area contributed by atoms with Crippen molar-refractivity contribution in [3.8, 4) is 0 Å². The van der Waals surface area contributed by atoms with Crippen LogP contribution < -0.4 is 11.1 Å². The van der Waals surface area contributed by atoms with E-state index in [0.29, 0.717) is 13.1 Å². The Morgan fingerprint density at radius 1 is 1.05 bits per heavy atom. The molecular weight excluding hydrogens is 274 g/mol. The molecule has 0 radical (unpaired) electrons. The van der Waals surface area contributed by atoms with Crippen LogP contribution in [0.15, 0.2) is 0 Å². The highest BCUT2D eigenvalue weighted by molar-refractivity contribution is 5.70. The van der Waals surface area contributed by atoms with Gasteiger partial charge >= 0.3 is 12.2 Å². The maximum Gasteiger partial charge on any atom is 0.410 e. The Morgan fingerprint density at radius 2 is 1.57 bits per heavy atom. The van der Waals surface area contributed by atoms with Gasteiger partial charge < -0.3 is 25.4 Å². The number of carbonyl (C=O) groups excluding carboxylic acids is 2. The van der Waals surface area contributed by atoms with Gasteiger partial charge in [0.25, 0.3) is 0 Å². The summed E-state index contributed by atoms with van der Waals surface area (Å²) in [5.74, 6) is 0. The Morgan fingerprint density at radius 3 is 2.05 bits per heavy atom. The van der Waals surface area contributed by atoms with Gasteiger partial charge in [0.1, 0.15) is 11.2 Å². The smallest absolute Gasteiger partial charge is 0.410 e. The number of nitrogens with zero attached hydrogens (tertiary/aromatic N) is 1. The molecule has 1 rings (SSSR count). The fraction of sp³-hybridized carbons (Fsp3) is 0.857. The second-order valence-electron chi connectivity index (χ2n) is 7.30. The summed E-state index contributed by atoms with van der Waals surface area (Å²) in [6.45, 7) is 11.4. The zero-order valence-electron chi connectivity index (χ0n) is 13.7. The maximum absolute atomic E-state index is 12.0. The Hall–Kier alpha value is -1.50. The molecule has 1 aliphatic heterocycles. The van der Waals surface area contributed by atoms with Gasteiger partial charge in [-0.1, -0.05) is 0 Å². The number of hydrogen-bond acceptors (Lipinski definition) is 5. The second-order valence-corrected chi connectivity index (χ2v) is 7.30. The minimum absolute atomic E-state index is 0.315. The average molecular weight is 301 g/mol.